The summed E-state index contributed by atoms with van der Waals surface area (Å²) in [5.41, 5.74) is 6.76. The largest absolute Gasteiger partial charge is 0.383 e. The maximum absolute atomic E-state index is 5.99. The molecule has 2 N–H and O–H groups in total. The van der Waals surface area contributed by atoms with E-state index in [2.05, 4.69) is 21.0 Å². The van der Waals surface area contributed by atoms with Crippen LogP contribution in [0.1, 0.15) is 5.56 Å². The molecule has 0 bridgehead atoms. The first kappa shape index (κ1) is 11.8. The van der Waals surface area contributed by atoms with Crippen molar-refractivity contribution in [2.75, 3.05) is 5.73 Å². The minimum atomic E-state index is 0.459. The van der Waals surface area contributed by atoms with Gasteiger partial charge in [0, 0.05) is 4.47 Å². The number of rotatable bonds is 2. The van der Waals surface area contributed by atoms with E-state index in [0.29, 0.717) is 22.4 Å². The molecule has 3 nitrogen and oxygen atoms in total. The van der Waals surface area contributed by atoms with Gasteiger partial charge in [0.05, 0.1) is 17.8 Å². The molecule has 1 aromatic carbocycles. The molecular weight excluding hydrogens is 313 g/mol. The fourth-order valence-corrected chi connectivity index (χ4v) is 1.90. The van der Waals surface area contributed by atoms with Gasteiger partial charge in [-0.2, -0.15) is 5.10 Å². The molecule has 0 aliphatic rings. The zero-order valence-corrected chi connectivity index (χ0v) is 11.2. The summed E-state index contributed by atoms with van der Waals surface area (Å²) in [5.74, 6) is 0.459. The molecule has 0 amide bonds. The fraction of sp³-hybridized carbons (Fsp3) is 0.100. The average molecular weight is 321 g/mol. The van der Waals surface area contributed by atoms with Crippen LogP contribution in [0.4, 0.5) is 5.82 Å². The van der Waals surface area contributed by atoms with E-state index in [1.165, 1.54) is 6.20 Å². The van der Waals surface area contributed by atoms with Crippen LogP contribution in [0.15, 0.2) is 28.9 Å². The van der Waals surface area contributed by atoms with Gasteiger partial charge in [-0.05, 0) is 33.6 Å². The van der Waals surface area contributed by atoms with E-state index >= 15 is 0 Å². The topological polar surface area (TPSA) is 43.8 Å². The molecule has 0 saturated carbocycles. The van der Waals surface area contributed by atoms with Crippen molar-refractivity contribution < 1.29 is 0 Å². The molecule has 16 heavy (non-hydrogen) atoms. The lowest BCUT2D eigenvalue weighted by atomic mass is 10.2. The van der Waals surface area contributed by atoms with Crippen LogP contribution >= 0.6 is 39.1 Å². The number of nitrogens with zero attached hydrogens (tertiary/aromatic N) is 2. The quantitative estimate of drug-likeness (QED) is 0.919. The highest BCUT2D eigenvalue weighted by atomic mass is 79.9. The summed E-state index contributed by atoms with van der Waals surface area (Å²) in [6.07, 6.45) is 1.53. The highest BCUT2D eigenvalue weighted by molar-refractivity contribution is 9.10. The van der Waals surface area contributed by atoms with E-state index in [4.69, 9.17) is 28.9 Å². The summed E-state index contributed by atoms with van der Waals surface area (Å²) < 4.78 is 2.49. The number of hydrogen-bond donors (Lipinski definition) is 1. The van der Waals surface area contributed by atoms with Gasteiger partial charge in [0.15, 0.2) is 0 Å². The highest BCUT2D eigenvalue weighted by Gasteiger charge is 2.06. The molecule has 0 atom stereocenters. The van der Waals surface area contributed by atoms with Gasteiger partial charge in [0.2, 0.25) is 0 Å². The molecule has 0 unspecified atom stereocenters. The van der Waals surface area contributed by atoms with Crippen molar-refractivity contribution in [2.24, 2.45) is 0 Å². The van der Waals surface area contributed by atoms with Gasteiger partial charge in [-0.3, -0.25) is 0 Å². The van der Waals surface area contributed by atoms with E-state index in [9.17, 15) is 0 Å². The summed E-state index contributed by atoms with van der Waals surface area (Å²) >= 11 is 15.1. The van der Waals surface area contributed by atoms with Crippen molar-refractivity contribution in [3.05, 3.63) is 44.5 Å². The fourth-order valence-electron chi connectivity index (χ4n) is 1.31. The Bertz CT molecular complexity index is 525. The van der Waals surface area contributed by atoms with Crippen LogP contribution in [0.2, 0.25) is 10.0 Å². The van der Waals surface area contributed by atoms with Gasteiger partial charge in [-0.1, -0.05) is 29.3 Å². The average Bonchev–Trinajstić information content (AvgIpc) is 2.55. The van der Waals surface area contributed by atoms with Crippen molar-refractivity contribution >= 4 is 44.9 Å². The Kier molecular flexibility index (Phi) is 3.42. The standard InChI is InChI=1S/C10H8BrCl2N3/c11-7-2-1-6(3-8(7)12)5-16-10(14)9(13)4-15-16/h1-4H,5,14H2. The third kappa shape index (κ3) is 2.34. The van der Waals surface area contributed by atoms with E-state index in [0.717, 1.165) is 10.0 Å². The molecule has 0 radical (unpaired) electrons. The lowest BCUT2D eigenvalue weighted by Gasteiger charge is -2.05. The third-order valence-electron chi connectivity index (χ3n) is 2.15. The number of halogens is 3. The van der Waals surface area contributed by atoms with Gasteiger partial charge in [-0.25, -0.2) is 4.68 Å². The lowest BCUT2D eigenvalue weighted by molar-refractivity contribution is 0.697. The zero-order valence-electron chi connectivity index (χ0n) is 8.12. The smallest absolute Gasteiger partial charge is 0.140 e. The van der Waals surface area contributed by atoms with Crippen LogP contribution in [-0.2, 0) is 6.54 Å². The van der Waals surface area contributed by atoms with E-state index in [1.54, 1.807) is 4.68 Å². The van der Waals surface area contributed by atoms with Crippen LogP contribution in [0, 0.1) is 0 Å². The Balaban J connectivity index is 2.27. The second-order valence-corrected chi connectivity index (χ2v) is 4.95. The van der Waals surface area contributed by atoms with Crippen molar-refractivity contribution in [3.63, 3.8) is 0 Å². The summed E-state index contributed by atoms with van der Waals surface area (Å²) in [5, 5.41) is 5.19. The molecule has 84 valence electrons. The number of aromatic nitrogens is 2. The lowest BCUT2D eigenvalue weighted by Crippen LogP contribution is -2.05. The van der Waals surface area contributed by atoms with Crippen LogP contribution in [0.3, 0.4) is 0 Å². The summed E-state index contributed by atoms with van der Waals surface area (Å²) in [6.45, 7) is 0.547. The van der Waals surface area contributed by atoms with Gasteiger partial charge in [0.1, 0.15) is 10.8 Å². The third-order valence-corrected chi connectivity index (χ3v) is 3.67. The Morgan fingerprint density at radius 3 is 2.62 bits per heavy atom. The van der Waals surface area contributed by atoms with Crippen LogP contribution in [0.25, 0.3) is 0 Å². The molecule has 0 saturated heterocycles. The Labute approximate surface area is 111 Å². The SMILES string of the molecule is Nc1c(Cl)cnn1Cc1ccc(Br)c(Cl)c1. The van der Waals surface area contributed by atoms with Gasteiger partial charge in [-0.15, -0.1) is 0 Å². The number of nitrogens with two attached hydrogens (primary N) is 1. The van der Waals surface area contributed by atoms with Gasteiger partial charge >= 0.3 is 0 Å². The molecule has 0 aliphatic carbocycles. The van der Waals surface area contributed by atoms with E-state index in [1.807, 2.05) is 18.2 Å². The normalized spacial score (nSPS) is 10.7. The van der Waals surface area contributed by atoms with E-state index < -0.39 is 0 Å². The van der Waals surface area contributed by atoms with Crippen LogP contribution < -0.4 is 5.73 Å². The number of hydrogen-bond acceptors (Lipinski definition) is 2. The predicted molar refractivity (Wildman–Crippen MR) is 69.9 cm³/mol. The summed E-state index contributed by atoms with van der Waals surface area (Å²) in [4.78, 5) is 0. The molecule has 0 fully saturated rings. The van der Waals surface area contributed by atoms with Crippen LogP contribution in [-0.4, -0.2) is 9.78 Å². The monoisotopic (exact) mass is 319 g/mol. The Morgan fingerprint density at radius 2 is 2.06 bits per heavy atom. The molecular formula is C10H8BrCl2N3. The second-order valence-electron chi connectivity index (χ2n) is 3.28. The zero-order chi connectivity index (χ0) is 11.7. The molecule has 2 rings (SSSR count). The highest BCUT2D eigenvalue weighted by Crippen LogP contribution is 2.24. The first-order valence-corrected chi connectivity index (χ1v) is 6.03. The van der Waals surface area contributed by atoms with Gasteiger partial charge in [0.25, 0.3) is 0 Å². The summed E-state index contributed by atoms with van der Waals surface area (Å²) in [6, 6.07) is 5.70. The van der Waals surface area contributed by atoms with E-state index in [-0.39, 0.29) is 0 Å². The minimum Gasteiger partial charge on any atom is -0.383 e. The van der Waals surface area contributed by atoms with Crippen molar-refractivity contribution in [3.8, 4) is 0 Å². The molecule has 0 spiro atoms. The van der Waals surface area contributed by atoms with Crippen molar-refractivity contribution in [1.29, 1.82) is 0 Å². The predicted octanol–water partition coefficient (Wildman–Crippen LogP) is 3.58. The Hall–Kier alpha value is -0.710. The van der Waals surface area contributed by atoms with Gasteiger partial charge < -0.3 is 5.73 Å². The molecule has 2 aromatic rings. The Morgan fingerprint density at radius 1 is 1.31 bits per heavy atom. The molecule has 1 heterocycles. The first-order chi connectivity index (χ1) is 7.58. The molecule has 0 aliphatic heterocycles. The van der Waals surface area contributed by atoms with Crippen LogP contribution in [0.5, 0.6) is 0 Å². The maximum Gasteiger partial charge on any atom is 0.140 e. The van der Waals surface area contributed by atoms with Crippen molar-refractivity contribution in [1.82, 2.24) is 9.78 Å². The minimum absolute atomic E-state index is 0.459. The maximum atomic E-state index is 5.99. The number of benzene rings is 1. The first-order valence-electron chi connectivity index (χ1n) is 4.48. The van der Waals surface area contributed by atoms with Crippen molar-refractivity contribution in [2.45, 2.75) is 6.54 Å². The molecule has 1 aromatic heterocycles. The number of anilines is 1. The molecule has 6 heteroatoms. The summed E-state index contributed by atoms with van der Waals surface area (Å²) in [7, 11) is 0. The number of nitrogen functional groups attached to an aromatic ring is 1. The second kappa shape index (κ2) is 4.65.